The van der Waals surface area contributed by atoms with Gasteiger partial charge in [0.15, 0.2) is 6.10 Å². The van der Waals surface area contributed by atoms with Crippen LogP contribution in [0.4, 0.5) is 0 Å². The van der Waals surface area contributed by atoms with Crippen LogP contribution in [-0.4, -0.2) is 54.5 Å². The zero-order valence-corrected chi connectivity index (χ0v) is 11.8. The maximum Gasteiger partial charge on any atom is 0.505 e. The fourth-order valence-electron chi connectivity index (χ4n) is 2.31. The van der Waals surface area contributed by atoms with Crippen molar-refractivity contribution in [3.8, 4) is 0 Å². The molecule has 2 aliphatic rings. The number of carbonyl (C=O) groups is 1. The summed E-state index contributed by atoms with van der Waals surface area (Å²) >= 11 is 0. The topological polar surface area (TPSA) is 105 Å². The van der Waals surface area contributed by atoms with Gasteiger partial charge in [-0.3, -0.25) is 0 Å². The lowest BCUT2D eigenvalue weighted by Crippen LogP contribution is -2.50. The summed E-state index contributed by atoms with van der Waals surface area (Å²) in [7, 11) is -3.27. The van der Waals surface area contributed by atoms with E-state index >= 15 is 0 Å². The van der Waals surface area contributed by atoms with Crippen molar-refractivity contribution in [1.29, 1.82) is 0 Å². The number of aliphatic hydroxyl groups is 2. The van der Waals surface area contributed by atoms with Crippen LogP contribution in [0.1, 0.15) is 20.3 Å². The zero-order valence-electron chi connectivity index (χ0n) is 10.8. The van der Waals surface area contributed by atoms with Gasteiger partial charge in [0.2, 0.25) is 0 Å². The van der Waals surface area contributed by atoms with Crippen LogP contribution in [0.3, 0.4) is 0 Å². The van der Waals surface area contributed by atoms with Crippen LogP contribution in [0.25, 0.3) is 0 Å². The van der Waals surface area contributed by atoms with Crippen LogP contribution in [-0.2, 0) is 18.1 Å². The molecule has 0 aromatic heterocycles. The summed E-state index contributed by atoms with van der Waals surface area (Å²) in [6.07, 6.45) is -3.97. The number of carboxylic acids is 1. The van der Waals surface area contributed by atoms with Gasteiger partial charge in [-0.05, 0) is 0 Å². The molecule has 0 aliphatic carbocycles. The van der Waals surface area contributed by atoms with Crippen molar-refractivity contribution in [2.45, 2.75) is 50.2 Å². The average molecular weight is 290 g/mol. The maximum atomic E-state index is 11.2. The highest BCUT2D eigenvalue weighted by Crippen LogP contribution is 2.41. The van der Waals surface area contributed by atoms with Gasteiger partial charge in [-0.25, -0.2) is 4.79 Å². The molecule has 0 amide bonds. The lowest BCUT2D eigenvalue weighted by molar-refractivity contribution is -0.148. The molecular formula is C11H18O7Si. The molecule has 2 fully saturated rings. The second-order valence-electron chi connectivity index (χ2n) is 5.12. The fourth-order valence-corrected chi connectivity index (χ4v) is 5.18. The Bertz CT molecular complexity index is 399. The Morgan fingerprint density at radius 2 is 1.84 bits per heavy atom. The van der Waals surface area contributed by atoms with Crippen molar-refractivity contribution in [2.24, 2.45) is 0 Å². The molecule has 19 heavy (non-hydrogen) atoms. The van der Waals surface area contributed by atoms with Crippen molar-refractivity contribution < 1.29 is 33.4 Å². The van der Waals surface area contributed by atoms with Gasteiger partial charge in [0.25, 0.3) is 0 Å². The molecule has 0 aromatic carbocycles. The Hall–Kier alpha value is -0.933. The van der Waals surface area contributed by atoms with E-state index in [2.05, 4.69) is 6.58 Å². The van der Waals surface area contributed by atoms with Crippen LogP contribution < -0.4 is 0 Å². The van der Waals surface area contributed by atoms with Crippen LogP contribution in [0.2, 0.25) is 5.54 Å². The van der Waals surface area contributed by atoms with E-state index in [4.69, 9.17) is 18.4 Å². The van der Waals surface area contributed by atoms with E-state index in [1.807, 2.05) is 0 Å². The highest BCUT2D eigenvalue weighted by atomic mass is 28.4. The summed E-state index contributed by atoms with van der Waals surface area (Å²) in [5.74, 6) is -1.45. The van der Waals surface area contributed by atoms with Crippen molar-refractivity contribution in [2.75, 3.05) is 0 Å². The van der Waals surface area contributed by atoms with Crippen molar-refractivity contribution >= 4 is 14.8 Å². The predicted octanol–water partition coefficient (Wildman–Crippen LogP) is 0.425. The number of carboxylic acid groups (broad SMARTS) is 1. The minimum Gasteiger partial charge on any atom is -0.510 e. The van der Waals surface area contributed by atoms with E-state index in [0.29, 0.717) is 0 Å². The summed E-state index contributed by atoms with van der Waals surface area (Å²) in [5, 5.41) is 28.6. The predicted molar refractivity (Wildman–Crippen MR) is 65.5 cm³/mol. The van der Waals surface area contributed by atoms with Gasteiger partial charge < -0.3 is 28.6 Å². The summed E-state index contributed by atoms with van der Waals surface area (Å²) in [6, 6.07) is 0. The Morgan fingerprint density at radius 3 is 2.32 bits per heavy atom. The Labute approximate surface area is 111 Å². The van der Waals surface area contributed by atoms with E-state index in [1.54, 1.807) is 13.8 Å². The van der Waals surface area contributed by atoms with Crippen LogP contribution >= 0.6 is 0 Å². The number of fused-ring (bicyclic) bond motifs is 2. The number of hydrogen-bond donors (Lipinski definition) is 3. The van der Waals surface area contributed by atoms with Gasteiger partial charge in [0.05, 0.1) is 12.2 Å². The van der Waals surface area contributed by atoms with Crippen LogP contribution in [0.15, 0.2) is 12.3 Å². The van der Waals surface area contributed by atoms with E-state index < -0.39 is 39.2 Å². The normalized spacial score (nSPS) is 42.1. The Balaban J connectivity index is 2.34. The molecule has 7 nitrogen and oxygen atoms in total. The van der Waals surface area contributed by atoms with Gasteiger partial charge in [0, 0.05) is 12.0 Å². The highest BCUT2D eigenvalue weighted by Gasteiger charge is 2.62. The molecule has 0 saturated carbocycles. The first kappa shape index (κ1) is 14.5. The zero-order chi connectivity index (χ0) is 14.4. The second kappa shape index (κ2) is 4.87. The highest BCUT2D eigenvalue weighted by molar-refractivity contribution is 6.63. The molecule has 0 aromatic rings. The first-order valence-electron chi connectivity index (χ1n) is 6.09. The number of hydrogen-bond acceptors (Lipinski definition) is 6. The number of rotatable bonds is 3. The van der Waals surface area contributed by atoms with Crippen molar-refractivity contribution in [1.82, 2.24) is 0 Å². The molecule has 5 atom stereocenters. The van der Waals surface area contributed by atoms with Gasteiger partial charge >= 0.3 is 14.8 Å². The molecule has 2 aliphatic heterocycles. The van der Waals surface area contributed by atoms with Crippen LogP contribution in [0, 0.1) is 0 Å². The van der Waals surface area contributed by atoms with Gasteiger partial charge in [-0.1, -0.05) is 20.4 Å². The first-order chi connectivity index (χ1) is 8.77. The third-order valence-corrected chi connectivity index (χ3v) is 6.55. The lowest BCUT2D eigenvalue weighted by Gasteiger charge is -2.31. The summed E-state index contributed by atoms with van der Waals surface area (Å²) in [5.41, 5.74) is -0.188. The van der Waals surface area contributed by atoms with Crippen molar-refractivity contribution in [3.63, 3.8) is 0 Å². The molecule has 2 heterocycles. The third-order valence-electron chi connectivity index (χ3n) is 3.34. The molecule has 5 unspecified atom stereocenters. The quantitative estimate of drug-likeness (QED) is 0.511. The standard InChI is InChI=1S/C11H18O7Si/c1-5(2)19-16-8(10(18-19)11(14)15)4-7(13)9(17-19)6(3)12/h5,7-10,12-13H,3-4H2,1-2H3,(H,14,15). The second-order valence-corrected chi connectivity index (χ2v) is 8.19. The molecule has 0 radical (unpaired) electrons. The molecule has 3 N–H and O–H groups in total. The average Bonchev–Trinajstić information content (AvgIpc) is 2.56. The molecule has 108 valence electrons. The summed E-state index contributed by atoms with van der Waals surface area (Å²) in [6.45, 7) is 6.95. The van der Waals surface area contributed by atoms with E-state index in [9.17, 15) is 15.0 Å². The molecular weight excluding hydrogens is 272 g/mol. The minimum absolute atomic E-state index is 0.0166. The largest absolute Gasteiger partial charge is 0.510 e. The number of aliphatic carboxylic acids is 1. The lowest BCUT2D eigenvalue weighted by atomic mass is 10.0. The summed E-state index contributed by atoms with van der Waals surface area (Å²) < 4.78 is 16.9. The molecule has 0 spiro atoms. The third kappa shape index (κ3) is 2.41. The van der Waals surface area contributed by atoms with E-state index in [0.717, 1.165) is 0 Å². The molecule has 2 rings (SSSR count). The first-order valence-corrected chi connectivity index (χ1v) is 7.89. The van der Waals surface area contributed by atoms with Crippen molar-refractivity contribution in [3.05, 3.63) is 12.3 Å². The minimum atomic E-state index is -3.27. The van der Waals surface area contributed by atoms with Gasteiger partial charge in [-0.2, -0.15) is 0 Å². The van der Waals surface area contributed by atoms with Crippen LogP contribution in [0.5, 0.6) is 0 Å². The molecule has 8 heteroatoms. The maximum absolute atomic E-state index is 11.2. The molecule has 2 saturated heterocycles. The fraction of sp³-hybridized carbons (Fsp3) is 0.727. The Morgan fingerprint density at radius 1 is 1.26 bits per heavy atom. The Kier molecular flexibility index (Phi) is 3.71. The molecule has 2 bridgehead atoms. The summed E-state index contributed by atoms with van der Waals surface area (Å²) in [4.78, 5) is 11.2. The van der Waals surface area contributed by atoms with E-state index in [-0.39, 0.29) is 17.7 Å². The monoisotopic (exact) mass is 290 g/mol. The van der Waals surface area contributed by atoms with E-state index in [1.165, 1.54) is 0 Å². The van der Waals surface area contributed by atoms with Gasteiger partial charge in [0.1, 0.15) is 11.9 Å². The SMILES string of the molecule is C=C(O)C1O[Si]2(C(C)C)OC(CC1O)C(C(=O)O)O2. The van der Waals surface area contributed by atoms with Gasteiger partial charge in [-0.15, -0.1) is 0 Å². The smallest absolute Gasteiger partial charge is 0.505 e. The number of aliphatic hydroxyl groups excluding tert-OH is 2.